The first-order valence-electron chi connectivity index (χ1n) is 8.24. The molecule has 25 heavy (non-hydrogen) atoms. The van der Waals surface area contributed by atoms with E-state index in [0.717, 1.165) is 18.0 Å². The van der Waals surface area contributed by atoms with Gasteiger partial charge in [-0.25, -0.2) is 0 Å². The van der Waals surface area contributed by atoms with Crippen molar-refractivity contribution in [2.24, 2.45) is 0 Å². The number of nitrogens with one attached hydrogen (secondary N) is 1. The molecule has 1 N–H and O–H groups in total. The minimum absolute atomic E-state index is 0.0338. The van der Waals surface area contributed by atoms with E-state index in [0.29, 0.717) is 6.54 Å². The Morgan fingerprint density at radius 3 is 2.44 bits per heavy atom. The van der Waals surface area contributed by atoms with Crippen molar-refractivity contribution in [1.82, 2.24) is 4.90 Å². The van der Waals surface area contributed by atoms with Crippen molar-refractivity contribution >= 4 is 22.4 Å². The maximum atomic E-state index is 12.2. The second-order valence-corrected chi connectivity index (χ2v) is 6.13. The average molecular weight is 334 g/mol. The Bertz CT molecular complexity index is 859. The fourth-order valence-corrected chi connectivity index (χ4v) is 2.82. The molecular weight excluding hydrogens is 312 g/mol. The van der Waals surface area contributed by atoms with Crippen LogP contribution in [0.15, 0.2) is 66.7 Å². The van der Waals surface area contributed by atoms with Gasteiger partial charge in [-0.2, -0.15) is 0 Å². The second-order valence-electron chi connectivity index (χ2n) is 6.13. The Morgan fingerprint density at radius 2 is 1.72 bits per heavy atom. The molecule has 4 nitrogen and oxygen atoms in total. The van der Waals surface area contributed by atoms with E-state index in [-0.39, 0.29) is 5.91 Å². The van der Waals surface area contributed by atoms with Gasteiger partial charge in [0, 0.05) is 12.2 Å². The summed E-state index contributed by atoms with van der Waals surface area (Å²) in [5.41, 5.74) is 1.96. The number of fused-ring (bicyclic) bond motifs is 1. The van der Waals surface area contributed by atoms with Crippen LogP contribution in [-0.2, 0) is 11.3 Å². The Balaban J connectivity index is 1.56. The number of carbonyl (C=O) groups excluding carboxylic acids is 1. The first-order valence-corrected chi connectivity index (χ1v) is 8.24. The summed E-state index contributed by atoms with van der Waals surface area (Å²) in [6.45, 7) is 1.06. The predicted molar refractivity (Wildman–Crippen MR) is 102 cm³/mol. The first-order chi connectivity index (χ1) is 12.1. The molecule has 3 aromatic rings. The van der Waals surface area contributed by atoms with Crippen molar-refractivity contribution in [3.63, 3.8) is 0 Å². The molecule has 0 aliphatic heterocycles. The number of benzene rings is 3. The Morgan fingerprint density at radius 1 is 1.00 bits per heavy atom. The maximum Gasteiger partial charge on any atom is 0.238 e. The molecule has 0 bridgehead atoms. The molecule has 0 aliphatic carbocycles. The summed E-state index contributed by atoms with van der Waals surface area (Å²) in [5, 5.41) is 5.35. The van der Waals surface area contributed by atoms with E-state index >= 15 is 0 Å². The van der Waals surface area contributed by atoms with Crippen LogP contribution in [0, 0.1) is 0 Å². The number of carbonyl (C=O) groups is 1. The molecule has 0 heterocycles. The molecule has 0 saturated carbocycles. The number of amides is 1. The predicted octanol–water partition coefficient (Wildman–Crippen LogP) is 3.92. The average Bonchev–Trinajstić information content (AvgIpc) is 2.62. The van der Waals surface area contributed by atoms with E-state index < -0.39 is 0 Å². The Labute approximate surface area is 148 Å². The minimum Gasteiger partial charge on any atom is -0.497 e. The van der Waals surface area contributed by atoms with E-state index in [9.17, 15) is 4.79 Å². The van der Waals surface area contributed by atoms with Gasteiger partial charge in [0.1, 0.15) is 5.75 Å². The van der Waals surface area contributed by atoms with Crippen molar-refractivity contribution in [1.29, 1.82) is 0 Å². The van der Waals surface area contributed by atoms with Crippen molar-refractivity contribution in [2.45, 2.75) is 6.54 Å². The van der Waals surface area contributed by atoms with E-state index in [4.69, 9.17) is 4.74 Å². The van der Waals surface area contributed by atoms with Gasteiger partial charge in [0.25, 0.3) is 0 Å². The Kier molecular flexibility index (Phi) is 5.31. The fourth-order valence-electron chi connectivity index (χ4n) is 2.82. The lowest BCUT2D eigenvalue weighted by molar-refractivity contribution is -0.117. The lowest BCUT2D eigenvalue weighted by atomic mass is 10.1. The van der Waals surface area contributed by atoms with Gasteiger partial charge in [-0.05, 0) is 53.7 Å². The largest absolute Gasteiger partial charge is 0.497 e. The molecular formula is C21H22N2O2. The monoisotopic (exact) mass is 334 g/mol. The molecule has 0 radical (unpaired) electrons. The molecule has 4 heteroatoms. The van der Waals surface area contributed by atoms with Gasteiger partial charge in [0.15, 0.2) is 0 Å². The third-order valence-electron chi connectivity index (χ3n) is 4.05. The highest BCUT2D eigenvalue weighted by Gasteiger charge is 2.08. The number of hydrogen-bond acceptors (Lipinski definition) is 3. The number of nitrogens with zero attached hydrogens (tertiary/aromatic N) is 1. The summed E-state index contributed by atoms with van der Waals surface area (Å²) in [4.78, 5) is 14.2. The number of methoxy groups -OCH3 is 1. The molecule has 0 fully saturated rings. The lowest BCUT2D eigenvalue weighted by Crippen LogP contribution is -2.29. The van der Waals surface area contributed by atoms with Gasteiger partial charge >= 0.3 is 0 Å². The summed E-state index contributed by atoms with van der Waals surface area (Å²) < 4.78 is 5.11. The van der Waals surface area contributed by atoms with Crippen LogP contribution in [0.2, 0.25) is 0 Å². The maximum absolute atomic E-state index is 12.2. The fraction of sp³-hybridized carbons (Fsp3) is 0.190. The summed E-state index contributed by atoms with van der Waals surface area (Å²) in [7, 11) is 3.57. The van der Waals surface area contributed by atoms with Crippen LogP contribution in [-0.4, -0.2) is 31.5 Å². The molecule has 0 aliphatic rings. The van der Waals surface area contributed by atoms with Gasteiger partial charge in [-0.15, -0.1) is 0 Å². The summed E-state index contributed by atoms with van der Waals surface area (Å²) in [6.07, 6.45) is 0. The zero-order valence-electron chi connectivity index (χ0n) is 14.5. The molecule has 0 unspecified atom stereocenters. The summed E-state index contributed by atoms with van der Waals surface area (Å²) in [6, 6.07) is 22.0. The highest BCUT2D eigenvalue weighted by atomic mass is 16.5. The highest BCUT2D eigenvalue weighted by molar-refractivity contribution is 5.92. The zero-order chi connectivity index (χ0) is 17.6. The summed E-state index contributed by atoms with van der Waals surface area (Å²) >= 11 is 0. The van der Waals surface area contributed by atoms with Gasteiger partial charge in [0.05, 0.1) is 13.7 Å². The van der Waals surface area contributed by atoms with Gasteiger partial charge in [-0.3, -0.25) is 9.69 Å². The van der Waals surface area contributed by atoms with E-state index in [1.54, 1.807) is 7.11 Å². The minimum atomic E-state index is -0.0338. The molecule has 128 valence electrons. The molecule has 0 saturated heterocycles. The molecule has 1 amide bonds. The molecule has 0 atom stereocenters. The first kappa shape index (κ1) is 17.0. The van der Waals surface area contributed by atoms with Gasteiger partial charge in [0.2, 0.25) is 5.91 Å². The van der Waals surface area contributed by atoms with Crippen molar-refractivity contribution < 1.29 is 9.53 Å². The van der Waals surface area contributed by atoms with Crippen LogP contribution in [0.4, 0.5) is 5.69 Å². The molecule has 0 spiro atoms. The number of anilines is 1. The van der Waals surface area contributed by atoms with Crippen LogP contribution in [0.1, 0.15) is 5.56 Å². The van der Waals surface area contributed by atoms with Crippen molar-refractivity contribution in [2.75, 3.05) is 26.0 Å². The number of hydrogen-bond donors (Lipinski definition) is 1. The zero-order valence-corrected chi connectivity index (χ0v) is 14.5. The smallest absolute Gasteiger partial charge is 0.238 e. The number of rotatable bonds is 6. The third-order valence-corrected chi connectivity index (χ3v) is 4.05. The van der Waals surface area contributed by atoms with Crippen LogP contribution >= 0.6 is 0 Å². The second kappa shape index (κ2) is 7.81. The third kappa shape index (κ3) is 4.58. The van der Waals surface area contributed by atoms with Crippen LogP contribution < -0.4 is 10.1 Å². The SMILES string of the molecule is COc1ccc(NC(=O)CN(C)Cc2ccc3ccccc3c2)cc1. The topological polar surface area (TPSA) is 41.6 Å². The van der Waals surface area contributed by atoms with Gasteiger partial charge < -0.3 is 10.1 Å². The number of likely N-dealkylation sites (N-methyl/N-ethyl adjacent to an activating group) is 1. The molecule has 3 aromatic carbocycles. The highest BCUT2D eigenvalue weighted by Crippen LogP contribution is 2.17. The summed E-state index contributed by atoms with van der Waals surface area (Å²) in [5.74, 6) is 0.736. The van der Waals surface area contributed by atoms with Gasteiger partial charge in [-0.1, -0.05) is 36.4 Å². The van der Waals surface area contributed by atoms with Crippen molar-refractivity contribution in [3.8, 4) is 5.75 Å². The van der Waals surface area contributed by atoms with Crippen LogP contribution in [0.25, 0.3) is 10.8 Å². The van der Waals surface area contributed by atoms with E-state index in [1.165, 1.54) is 16.3 Å². The quantitative estimate of drug-likeness (QED) is 0.743. The lowest BCUT2D eigenvalue weighted by Gasteiger charge is -2.17. The van der Waals surface area contributed by atoms with E-state index in [1.807, 2.05) is 48.3 Å². The molecule has 3 rings (SSSR count). The Hall–Kier alpha value is -2.85. The van der Waals surface area contributed by atoms with Crippen LogP contribution in [0.3, 0.4) is 0 Å². The normalized spacial score (nSPS) is 10.8. The number of ether oxygens (including phenoxy) is 1. The van der Waals surface area contributed by atoms with Crippen molar-refractivity contribution in [3.05, 3.63) is 72.3 Å². The van der Waals surface area contributed by atoms with Crippen LogP contribution in [0.5, 0.6) is 5.75 Å². The molecule has 0 aromatic heterocycles. The van der Waals surface area contributed by atoms with E-state index in [2.05, 4.69) is 35.6 Å². The standard InChI is InChI=1S/C21H22N2O2/c1-23(14-16-7-8-17-5-3-4-6-18(17)13-16)15-21(24)22-19-9-11-20(25-2)12-10-19/h3-13H,14-15H2,1-2H3,(H,22,24).